The van der Waals surface area contributed by atoms with Gasteiger partial charge in [0.05, 0.1) is 0 Å². The summed E-state index contributed by atoms with van der Waals surface area (Å²) in [6.45, 7) is 0. The fourth-order valence-electron chi connectivity index (χ4n) is 1.23. The van der Waals surface area contributed by atoms with Crippen LogP contribution in [0.2, 0.25) is 0 Å². The van der Waals surface area contributed by atoms with Crippen LogP contribution in [-0.4, -0.2) is 12.2 Å². The number of halogens is 6. The molecule has 0 aliphatic rings. The number of alkyl halides is 3. The predicted molar refractivity (Wildman–Crippen MR) is 56.0 cm³/mol. The molecular weight excluding hydrogens is 265 g/mol. The van der Waals surface area contributed by atoms with Crippen LogP contribution >= 0.6 is 12.4 Å². The maximum Gasteiger partial charge on any atom is 0.403 e. The van der Waals surface area contributed by atoms with Crippen molar-refractivity contribution >= 4 is 12.4 Å². The first-order valence-electron chi connectivity index (χ1n) is 4.57. The van der Waals surface area contributed by atoms with E-state index in [1.165, 1.54) is 0 Å². The smallest absolute Gasteiger partial charge is 0.320 e. The van der Waals surface area contributed by atoms with E-state index in [-0.39, 0.29) is 24.4 Å². The zero-order chi connectivity index (χ0) is 12.3. The van der Waals surface area contributed by atoms with Gasteiger partial charge in [-0.15, -0.1) is 12.4 Å². The van der Waals surface area contributed by atoms with Crippen LogP contribution in [0.15, 0.2) is 18.2 Å². The first kappa shape index (κ1) is 16.1. The molecule has 0 aliphatic heterocycles. The molecule has 1 nitrogen and oxygen atoms in total. The molecule has 0 fully saturated rings. The predicted octanol–water partition coefficient (Wildman–Crippen LogP) is 3.21. The standard InChI is InChI=1S/C10H10F5N.ClH/c11-7-2-1-3-8(12)6(7)4-5-9(16)10(13,14)15;/h1-3,9H,4-5,16H2;1H. The Bertz CT molecular complexity index is 346. The summed E-state index contributed by atoms with van der Waals surface area (Å²) in [4.78, 5) is 0. The van der Waals surface area contributed by atoms with Crippen molar-refractivity contribution in [2.45, 2.75) is 25.1 Å². The fourth-order valence-corrected chi connectivity index (χ4v) is 1.23. The first-order valence-corrected chi connectivity index (χ1v) is 4.57. The molecule has 1 rings (SSSR count). The fraction of sp³-hybridized carbons (Fsp3) is 0.400. The minimum Gasteiger partial charge on any atom is -0.320 e. The van der Waals surface area contributed by atoms with Gasteiger partial charge in [-0.1, -0.05) is 6.07 Å². The van der Waals surface area contributed by atoms with E-state index >= 15 is 0 Å². The summed E-state index contributed by atoms with van der Waals surface area (Å²) >= 11 is 0. The van der Waals surface area contributed by atoms with Crippen molar-refractivity contribution in [1.29, 1.82) is 0 Å². The molecular formula is C10H11ClF5N. The van der Waals surface area contributed by atoms with Crippen LogP contribution in [0.5, 0.6) is 0 Å². The lowest BCUT2D eigenvalue weighted by atomic mass is 10.0. The van der Waals surface area contributed by atoms with E-state index in [0.29, 0.717) is 0 Å². The monoisotopic (exact) mass is 275 g/mol. The highest BCUT2D eigenvalue weighted by atomic mass is 35.5. The molecule has 2 N–H and O–H groups in total. The number of hydrogen-bond acceptors (Lipinski definition) is 1. The first-order chi connectivity index (χ1) is 7.32. The van der Waals surface area contributed by atoms with Gasteiger partial charge in [0, 0.05) is 5.56 Å². The van der Waals surface area contributed by atoms with Crippen molar-refractivity contribution in [3.63, 3.8) is 0 Å². The van der Waals surface area contributed by atoms with Crippen LogP contribution in [0.3, 0.4) is 0 Å². The highest BCUT2D eigenvalue weighted by molar-refractivity contribution is 5.85. The van der Waals surface area contributed by atoms with Gasteiger partial charge in [0.1, 0.15) is 17.7 Å². The Morgan fingerprint density at radius 3 is 2.00 bits per heavy atom. The van der Waals surface area contributed by atoms with Crippen LogP contribution < -0.4 is 5.73 Å². The molecule has 1 aromatic carbocycles. The summed E-state index contributed by atoms with van der Waals surface area (Å²) in [5.41, 5.74) is 4.47. The second-order valence-electron chi connectivity index (χ2n) is 3.39. The van der Waals surface area contributed by atoms with Crippen molar-refractivity contribution in [3.05, 3.63) is 35.4 Å². The number of nitrogens with two attached hydrogens (primary N) is 1. The van der Waals surface area contributed by atoms with Crippen molar-refractivity contribution in [2.24, 2.45) is 5.73 Å². The number of benzene rings is 1. The van der Waals surface area contributed by atoms with Gasteiger partial charge >= 0.3 is 6.18 Å². The molecule has 7 heteroatoms. The summed E-state index contributed by atoms with van der Waals surface area (Å²) in [5.74, 6) is -1.70. The molecule has 0 aliphatic carbocycles. The van der Waals surface area contributed by atoms with Gasteiger partial charge in [-0.25, -0.2) is 8.78 Å². The Morgan fingerprint density at radius 1 is 1.12 bits per heavy atom. The van der Waals surface area contributed by atoms with Crippen molar-refractivity contribution in [1.82, 2.24) is 0 Å². The molecule has 0 radical (unpaired) electrons. The Hall–Kier alpha value is -0.880. The Morgan fingerprint density at radius 2 is 1.59 bits per heavy atom. The quantitative estimate of drug-likeness (QED) is 0.842. The highest BCUT2D eigenvalue weighted by Crippen LogP contribution is 2.23. The average Bonchev–Trinajstić information content (AvgIpc) is 2.15. The summed E-state index contributed by atoms with van der Waals surface area (Å²) in [6, 6.07) is 1.08. The summed E-state index contributed by atoms with van der Waals surface area (Å²) in [6.07, 6.45) is -5.46. The molecule has 1 atom stereocenters. The molecule has 1 unspecified atom stereocenters. The van der Waals surface area contributed by atoms with Crippen LogP contribution in [0, 0.1) is 11.6 Å². The topological polar surface area (TPSA) is 26.0 Å². The molecule has 17 heavy (non-hydrogen) atoms. The maximum absolute atomic E-state index is 13.0. The molecule has 0 bridgehead atoms. The van der Waals surface area contributed by atoms with Crippen LogP contribution in [0.25, 0.3) is 0 Å². The third-order valence-corrected chi connectivity index (χ3v) is 2.19. The van der Waals surface area contributed by atoms with E-state index in [4.69, 9.17) is 5.73 Å². The van der Waals surface area contributed by atoms with E-state index in [0.717, 1.165) is 18.2 Å². The van der Waals surface area contributed by atoms with E-state index < -0.39 is 30.3 Å². The zero-order valence-electron chi connectivity index (χ0n) is 8.60. The number of hydrogen-bond donors (Lipinski definition) is 1. The molecule has 1 aromatic rings. The molecule has 98 valence electrons. The Labute approximate surface area is 101 Å². The Balaban J connectivity index is 0.00000256. The molecule has 0 spiro atoms. The van der Waals surface area contributed by atoms with E-state index in [1.54, 1.807) is 0 Å². The largest absolute Gasteiger partial charge is 0.403 e. The van der Waals surface area contributed by atoms with Crippen molar-refractivity contribution in [3.8, 4) is 0 Å². The van der Waals surface area contributed by atoms with E-state index in [1.807, 2.05) is 0 Å². The molecule has 0 saturated carbocycles. The third kappa shape index (κ3) is 4.47. The van der Waals surface area contributed by atoms with E-state index in [2.05, 4.69) is 0 Å². The second-order valence-corrected chi connectivity index (χ2v) is 3.39. The minimum absolute atomic E-state index is 0. The normalized spacial score (nSPS) is 13.1. The minimum atomic E-state index is -4.54. The summed E-state index contributed by atoms with van der Waals surface area (Å²) < 4.78 is 62.2. The SMILES string of the molecule is Cl.NC(CCc1c(F)cccc1F)C(F)(F)F. The highest BCUT2D eigenvalue weighted by Gasteiger charge is 2.36. The lowest BCUT2D eigenvalue weighted by Crippen LogP contribution is -2.37. The maximum atomic E-state index is 13.0. The zero-order valence-corrected chi connectivity index (χ0v) is 9.42. The molecule has 0 aromatic heterocycles. The summed E-state index contributed by atoms with van der Waals surface area (Å²) in [7, 11) is 0. The summed E-state index contributed by atoms with van der Waals surface area (Å²) in [5, 5.41) is 0. The lowest BCUT2D eigenvalue weighted by Gasteiger charge is -2.15. The second kappa shape index (κ2) is 6.16. The van der Waals surface area contributed by atoms with Crippen LogP contribution in [-0.2, 0) is 6.42 Å². The van der Waals surface area contributed by atoms with Crippen molar-refractivity contribution in [2.75, 3.05) is 0 Å². The third-order valence-electron chi connectivity index (χ3n) is 2.19. The lowest BCUT2D eigenvalue weighted by molar-refractivity contribution is -0.148. The molecule has 0 heterocycles. The van der Waals surface area contributed by atoms with Gasteiger partial charge in [-0.2, -0.15) is 13.2 Å². The van der Waals surface area contributed by atoms with Gasteiger partial charge in [0.2, 0.25) is 0 Å². The van der Waals surface area contributed by atoms with Gasteiger partial charge < -0.3 is 5.73 Å². The Kier molecular flexibility index (Phi) is 5.84. The van der Waals surface area contributed by atoms with Gasteiger partial charge in [0.15, 0.2) is 0 Å². The van der Waals surface area contributed by atoms with Gasteiger partial charge in [0.25, 0.3) is 0 Å². The average molecular weight is 276 g/mol. The van der Waals surface area contributed by atoms with Gasteiger partial charge in [-0.05, 0) is 25.0 Å². The van der Waals surface area contributed by atoms with E-state index in [9.17, 15) is 22.0 Å². The van der Waals surface area contributed by atoms with Crippen LogP contribution in [0.1, 0.15) is 12.0 Å². The molecule has 0 saturated heterocycles. The van der Waals surface area contributed by atoms with Crippen LogP contribution in [0.4, 0.5) is 22.0 Å². The molecule has 0 amide bonds. The number of rotatable bonds is 3. The van der Waals surface area contributed by atoms with Gasteiger partial charge in [-0.3, -0.25) is 0 Å². The van der Waals surface area contributed by atoms with Crippen molar-refractivity contribution < 1.29 is 22.0 Å².